The molecule has 1 aliphatic carbocycles. The molecule has 4 nitrogen and oxygen atoms in total. The summed E-state index contributed by atoms with van der Waals surface area (Å²) in [4.78, 5) is 16.6. The summed E-state index contributed by atoms with van der Waals surface area (Å²) < 4.78 is 5.02. The Morgan fingerprint density at radius 2 is 2.26 bits per heavy atom. The van der Waals surface area contributed by atoms with Gasteiger partial charge in [0.05, 0.1) is 24.0 Å². The van der Waals surface area contributed by atoms with Crippen LogP contribution in [0, 0.1) is 0 Å². The first kappa shape index (κ1) is 11.0. The van der Waals surface area contributed by atoms with Gasteiger partial charge >= 0.3 is 0 Å². The Morgan fingerprint density at radius 1 is 1.37 bits per heavy atom. The third-order valence-corrected chi connectivity index (χ3v) is 4.49. The molecule has 3 aromatic heterocycles. The molecule has 0 radical (unpaired) electrons. The fourth-order valence-corrected chi connectivity index (χ4v) is 3.21. The molecular formula is C14H13N3OS. The Labute approximate surface area is 113 Å². The van der Waals surface area contributed by atoms with E-state index in [9.17, 15) is 4.79 Å². The van der Waals surface area contributed by atoms with E-state index in [0.717, 1.165) is 15.8 Å². The van der Waals surface area contributed by atoms with Gasteiger partial charge in [-0.1, -0.05) is 0 Å². The minimum absolute atomic E-state index is 0.0855. The fraction of sp³-hybridized carbons (Fsp3) is 0.286. The van der Waals surface area contributed by atoms with E-state index in [-0.39, 0.29) is 5.56 Å². The lowest BCUT2D eigenvalue weighted by atomic mass is 10.3. The zero-order chi connectivity index (χ0) is 12.8. The van der Waals surface area contributed by atoms with Gasteiger partial charge < -0.3 is 9.13 Å². The third-order valence-electron chi connectivity index (χ3n) is 3.61. The fourth-order valence-electron chi connectivity index (χ4n) is 2.44. The molecule has 1 saturated carbocycles. The summed E-state index contributed by atoms with van der Waals surface area (Å²) >= 11 is 1.61. The number of imidazole rings is 1. The number of nitrogens with zero attached hydrogens (tertiary/aromatic N) is 3. The Kier molecular flexibility index (Phi) is 2.35. The van der Waals surface area contributed by atoms with Crippen LogP contribution in [-0.4, -0.2) is 14.1 Å². The molecule has 19 heavy (non-hydrogen) atoms. The highest BCUT2D eigenvalue weighted by molar-refractivity contribution is 7.17. The lowest BCUT2D eigenvalue weighted by Gasteiger charge is -2.08. The van der Waals surface area contributed by atoms with Crippen LogP contribution in [0.2, 0.25) is 0 Å². The first-order chi connectivity index (χ1) is 9.33. The van der Waals surface area contributed by atoms with Gasteiger partial charge in [-0.3, -0.25) is 4.79 Å². The largest absolute Gasteiger partial charge is 0.330 e. The van der Waals surface area contributed by atoms with E-state index in [4.69, 9.17) is 0 Å². The molecule has 3 heterocycles. The summed E-state index contributed by atoms with van der Waals surface area (Å²) in [6.07, 6.45) is 8.07. The number of hydrogen-bond donors (Lipinski definition) is 0. The molecule has 5 heteroatoms. The minimum Gasteiger partial charge on any atom is -0.330 e. The Morgan fingerprint density at radius 3 is 3.11 bits per heavy atom. The van der Waals surface area contributed by atoms with E-state index in [1.54, 1.807) is 15.9 Å². The summed E-state index contributed by atoms with van der Waals surface area (Å²) in [5.41, 5.74) is 1.20. The molecule has 0 N–H and O–H groups in total. The molecule has 0 unspecified atom stereocenters. The molecule has 96 valence electrons. The average Bonchev–Trinajstić information content (AvgIpc) is 2.97. The second-order valence-electron chi connectivity index (χ2n) is 4.97. The molecule has 0 atom stereocenters. The van der Waals surface area contributed by atoms with Crippen LogP contribution in [0.1, 0.15) is 24.6 Å². The van der Waals surface area contributed by atoms with E-state index < -0.39 is 0 Å². The molecule has 3 aromatic rings. The van der Waals surface area contributed by atoms with Gasteiger partial charge in [-0.15, -0.1) is 11.3 Å². The van der Waals surface area contributed by atoms with Crippen molar-refractivity contribution in [3.8, 4) is 0 Å². The van der Waals surface area contributed by atoms with Crippen LogP contribution < -0.4 is 5.56 Å². The quantitative estimate of drug-likeness (QED) is 0.734. The molecule has 0 aromatic carbocycles. The smallest absolute Gasteiger partial charge is 0.259 e. The number of hydrogen-bond acceptors (Lipinski definition) is 3. The third kappa shape index (κ3) is 1.81. The highest BCUT2D eigenvalue weighted by atomic mass is 32.1. The monoisotopic (exact) mass is 271 g/mol. The molecule has 0 amide bonds. The van der Waals surface area contributed by atoms with Crippen molar-refractivity contribution in [3.05, 3.63) is 52.3 Å². The topological polar surface area (TPSA) is 39.8 Å². The van der Waals surface area contributed by atoms with Crippen LogP contribution in [0.25, 0.3) is 10.1 Å². The second kappa shape index (κ2) is 4.06. The van der Waals surface area contributed by atoms with Gasteiger partial charge in [0.2, 0.25) is 0 Å². The van der Waals surface area contributed by atoms with Gasteiger partial charge in [-0.05, 0) is 30.4 Å². The van der Waals surface area contributed by atoms with Crippen molar-refractivity contribution < 1.29 is 0 Å². The predicted octanol–water partition coefficient (Wildman–Crippen LogP) is 2.64. The summed E-state index contributed by atoms with van der Waals surface area (Å²) in [6, 6.07) is 4.51. The van der Waals surface area contributed by atoms with Crippen molar-refractivity contribution in [2.45, 2.75) is 25.4 Å². The molecular weight excluding hydrogens is 258 g/mol. The first-order valence-corrected chi connectivity index (χ1v) is 7.28. The molecule has 0 bridgehead atoms. The van der Waals surface area contributed by atoms with Crippen LogP contribution in [-0.2, 0) is 6.54 Å². The summed E-state index contributed by atoms with van der Waals surface area (Å²) in [5.74, 6) is 0. The predicted molar refractivity (Wildman–Crippen MR) is 75.7 cm³/mol. The van der Waals surface area contributed by atoms with E-state index in [1.165, 1.54) is 12.8 Å². The number of aromatic nitrogens is 3. The molecule has 0 saturated heterocycles. The lowest BCUT2D eigenvalue weighted by molar-refractivity contribution is 0.648. The highest BCUT2D eigenvalue weighted by Gasteiger charge is 2.25. The van der Waals surface area contributed by atoms with Crippen molar-refractivity contribution in [3.63, 3.8) is 0 Å². The van der Waals surface area contributed by atoms with Crippen LogP contribution in [0.5, 0.6) is 0 Å². The summed E-state index contributed by atoms with van der Waals surface area (Å²) in [6.45, 7) is 0.598. The van der Waals surface area contributed by atoms with Crippen LogP contribution in [0.4, 0.5) is 0 Å². The van der Waals surface area contributed by atoms with E-state index >= 15 is 0 Å². The normalized spacial score (nSPS) is 15.2. The standard InChI is InChI=1S/C14H13N3OS/c18-14-12-4-6-19-13(12)3-5-16(14)8-11-7-15-9-17(11)10-1-2-10/h3-7,9-10H,1-2,8H2. The molecule has 4 rings (SSSR count). The van der Waals surface area contributed by atoms with Gasteiger partial charge in [0, 0.05) is 23.1 Å². The number of fused-ring (bicyclic) bond motifs is 1. The average molecular weight is 271 g/mol. The summed E-state index contributed by atoms with van der Waals surface area (Å²) in [5, 5.41) is 2.77. The maximum Gasteiger partial charge on any atom is 0.259 e. The van der Waals surface area contributed by atoms with Gasteiger partial charge in [0.1, 0.15) is 0 Å². The van der Waals surface area contributed by atoms with Crippen LogP contribution in [0.3, 0.4) is 0 Å². The van der Waals surface area contributed by atoms with E-state index in [0.29, 0.717) is 12.6 Å². The van der Waals surface area contributed by atoms with Gasteiger partial charge in [0.25, 0.3) is 5.56 Å². The van der Waals surface area contributed by atoms with Crippen molar-refractivity contribution in [2.24, 2.45) is 0 Å². The molecule has 1 aliphatic rings. The van der Waals surface area contributed by atoms with Gasteiger partial charge in [-0.25, -0.2) is 4.98 Å². The highest BCUT2D eigenvalue weighted by Crippen LogP contribution is 2.35. The number of thiophene rings is 1. The van der Waals surface area contributed by atoms with Crippen LogP contribution >= 0.6 is 11.3 Å². The summed E-state index contributed by atoms with van der Waals surface area (Å²) in [7, 11) is 0. The van der Waals surface area contributed by atoms with Crippen molar-refractivity contribution >= 4 is 21.4 Å². The van der Waals surface area contributed by atoms with Crippen molar-refractivity contribution in [1.82, 2.24) is 14.1 Å². The molecule has 0 spiro atoms. The Bertz CT molecular complexity index is 794. The maximum atomic E-state index is 12.4. The van der Waals surface area contributed by atoms with Gasteiger partial charge in [-0.2, -0.15) is 0 Å². The number of pyridine rings is 1. The Hall–Kier alpha value is -1.88. The molecule has 0 aliphatic heterocycles. The second-order valence-corrected chi connectivity index (χ2v) is 5.92. The zero-order valence-corrected chi connectivity index (χ0v) is 11.1. The first-order valence-electron chi connectivity index (χ1n) is 6.40. The maximum absolute atomic E-state index is 12.4. The van der Waals surface area contributed by atoms with Crippen molar-refractivity contribution in [1.29, 1.82) is 0 Å². The van der Waals surface area contributed by atoms with Crippen molar-refractivity contribution in [2.75, 3.05) is 0 Å². The van der Waals surface area contributed by atoms with Gasteiger partial charge in [0.15, 0.2) is 0 Å². The Balaban J connectivity index is 1.76. The SMILES string of the molecule is O=c1c2ccsc2ccn1Cc1cncn1C1CC1. The van der Waals surface area contributed by atoms with E-state index in [2.05, 4.69) is 9.55 Å². The lowest BCUT2D eigenvalue weighted by Crippen LogP contribution is -2.20. The minimum atomic E-state index is 0.0855. The van der Waals surface area contributed by atoms with Crippen LogP contribution in [0.15, 0.2) is 41.0 Å². The zero-order valence-electron chi connectivity index (χ0n) is 10.3. The number of rotatable bonds is 3. The van der Waals surface area contributed by atoms with E-state index in [1.807, 2.05) is 36.2 Å². The molecule has 1 fully saturated rings.